The lowest BCUT2D eigenvalue weighted by atomic mass is 9.68. The molecule has 0 aromatic rings. The van der Waals surface area contributed by atoms with Crippen LogP contribution in [0.1, 0.15) is 59.3 Å². The fourth-order valence-electron chi connectivity index (χ4n) is 4.61. The highest BCUT2D eigenvalue weighted by atomic mass is 32.2. The van der Waals surface area contributed by atoms with Crippen LogP contribution in [0.25, 0.3) is 0 Å². The lowest BCUT2D eigenvalue weighted by Crippen LogP contribution is -2.50. The molecular formula is C16H31NS. The summed E-state index contributed by atoms with van der Waals surface area (Å²) in [6, 6.07) is 0.754. The first-order chi connectivity index (χ1) is 8.50. The van der Waals surface area contributed by atoms with Gasteiger partial charge in [-0.25, -0.2) is 0 Å². The number of fused-ring (bicyclic) bond motifs is 2. The Hall–Kier alpha value is 0.310. The van der Waals surface area contributed by atoms with Crippen molar-refractivity contribution in [2.45, 2.75) is 65.3 Å². The standard InChI is InChI=1S/C16H31NS/c1-15(2)13-8-9-16(3,12-13)14(15)17-10-6-5-7-11-18-4/h13-14,17H,5-12H2,1-4H3. The maximum absolute atomic E-state index is 3.91. The van der Waals surface area contributed by atoms with Gasteiger partial charge in [-0.05, 0) is 67.4 Å². The van der Waals surface area contributed by atoms with Gasteiger partial charge in [0.1, 0.15) is 0 Å². The van der Waals surface area contributed by atoms with Crippen LogP contribution in [0.3, 0.4) is 0 Å². The highest BCUT2D eigenvalue weighted by Gasteiger charge is 2.58. The summed E-state index contributed by atoms with van der Waals surface area (Å²) in [4.78, 5) is 0. The van der Waals surface area contributed by atoms with Crippen molar-refractivity contribution in [1.82, 2.24) is 5.32 Å². The van der Waals surface area contributed by atoms with E-state index >= 15 is 0 Å². The third-order valence-electron chi connectivity index (χ3n) is 5.64. The summed E-state index contributed by atoms with van der Waals surface area (Å²) in [5, 5.41) is 3.91. The molecule has 2 saturated carbocycles. The van der Waals surface area contributed by atoms with Gasteiger partial charge in [0.15, 0.2) is 0 Å². The Labute approximate surface area is 118 Å². The first-order valence-electron chi connectivity index (χ1n) is 7.73. The van der Waals surface area contributed by atoms with Crippen molar-refractivity contribution >= 4 is 11.8 Å². The number of rotatable bonds is 7. The van der Waals surface area contributed by atoms with Gasteiger partial charge in [0.2, 0.25) is 0 Å². The third kappa shape index (κ3) is 2.75. The van der Waals surface area contributed by atoms with Gasteiger partial charge in [-0.15, -0.1) is 0 Å². The van der Waals surface area contributed by atoms with E-state index < -0.39 is 0 Å². The molecule has 106 valence electrons. The molecule has 2 aliphatic carbocycles. The summed E-state index contributed by atoms with van der Waals surface area (Å²) in [7, 11) is 0. The fraction of sp³-hybridized carbons (Fsp3) is 1.00. The summed E-state index contributed by atoms with van der Waals surface area (Å²) in [5.41, 5.74) is 1.11. The monoisotopic (exact) mass is 269 g/mol. The number of thioether (sulfide) groups is 1. The van der Waals surface area contributed by atoms with Crippen LogP contribution < -0.4 is 5.32 Å². The molecule has 1 nitrogen and oxygen atoms in total. The molecule has 3 atom stereocenters. The molecule has 2 heteroatoms. The molecule has 0 aromatic heterocycles. The van der Waals surface area contributed by atoms with Crippen molar-refractivity contribution in [1.29, 1.82) is 0 Å². The van der Waals surface area contributed by atoms with Crippen molar-refractivity contribution in [3.63, 3.8) is 0 Å². The molecule has 0 heterocycles. The van der Waals surface area contributed by atoms with Crippen LogP contribution in [0, 0.1) is 16.7 Å². The zero-order valence-electron chi connectivity index (χ0n) is 12.7. The number of nitrogens with one attached hydrogen (secondary N) is 1. The molecule has 2 aliphatic rings. The molecule has 1 N–H and O–H groups in total. The lowest BCUT2D eigenvalue weighted by molar-refractivity contribution is 0.109. The van der Waals surface area contributed by atoms with Crippen molar-refractivity contribution < 1.29 is 0 Å². The molecule has 18 heavy (non-hydrogen) atoms. The predicted molar refractivity (Wildman–Crippen MR) is 83.3 cm³/mol. The van der Waals surface area contributed by atoms with Gasteiger partial charge in [0, 0.05) is 6.04 Å². The lowest BCUT2D eigenvalue weighted by Gasteiger charge is -2.43. The molecule has 2 rings (SSSR count). The van der Waals surface area contributed by atoms with E-state index in [1.807, 2.05) is 11.8 Å². The Bertz CT molecular complexity index is 272. The van der Waals surface area contributed by atoms with Crippen LogP contribution in [0.4, 0.5) is 0 Å². The number of hydrogen-bond donors (Lipinski definition) is 1. The van der Waals surface area contributed by atoms with Crippen LogP contribution in [-0.2, 0) is 0 Å². The second kappa shape index (κ2) is 5.75. The molecular weight excluding hydrogens is 238 g/mol. The van der Waals surface area contributed by atoms with E-state index in [1.54, 1.807) is 0 Å². The minimum atomic E-state index is 0.520. The molecule has 3 unspecified atom stereocenters. The third-order valence-corrected chi connectivity index (χ3v) is 6.34. The summed E-state index contributed by atoms with van der Waals surface area (Å²) >= 11 is 1.97. The van der Waals surface area contributed by atoms with Crippen molar-refractivity contribution in [3.8, 4) is 0 Å². The van der Waals surface area contributed by atoms with Crippen LogP contribution in [-0.4, -0.2) is 24.6 Å². The van der Waals surface area contributed by atoms with Gasteiger partial charge >= 0.3 is 0 Å². The molecule has 2 bridgehead atoms. The second-order valence-electron chi connectivity index (χ2n) is 7.36. The minimum Gasteiger partial charge on any atom is -0.313 e. The Morgan fingerprint density at radius 2 is 1.94 bits per heavy atom. The average molecular weight is 269 g/mol. The first kappa shape index (κ1) is 14.7. The van der Waals surface area contributed by atoms with Crippen LogP contribution in [0.2, 0.25) is 0 Å². The van der Waals surface area contributed by atoms with Gasteiger partial charge in [-0.1, -0.05) is 27.2 Å². The second-order valence-corrected chi connectivity index (χ2v) is 8.34. The highest BCUT2D eigenvalue weighted by molar-refractivity contribution is 7.98. The molecule has 0 aromatic carbocycles. The molecule has 2 fully saturated rings. The highest BCUT2D eigenvalue weighted by Crippen LogP contribution is 2.62. The quantitative estimate of drug-likeness (QED) is 0.691. The van der Waals surface area contributed by atoms with Gasteiger partial charge in [-0.3, -0.25) is 0 Å². The van der Waals surface area contributed by atoms with Crippen molar-refractivity contribution in [2.24, 2.45) is 16.7 Å². The maximum Gasteiger partial charge on any atom is 0.0175 e. The van der Waals surface area contributed by atoms with Crippen LogP contribution in [0.15, 0.2) is 0 Å². The van der Waals surface area contributed by atoms with E-state index in [0.29, 0.717) is 10.8 Å². The van der Waals surface area contributed by atoms with Crippen LogP contribution >= 0.6 is 11.8 Å². The van der Waals surface area contributed by atoms with Gasteiger partial charge < -0.3 is 5.32 Å². The molecule has 0 spiro atoms. The minimum absolute atomic E-state index is 0.520. The summed E-state index contributed by atoms with van der Waals surface area (Å²) in [5.74, 6) is 2.30. The van der Waals surface area contributed by atoms with Crippen molar-refractivity contribution in [3.05, 3.63) is 0 Å². The SMILES string of the molecule is CSCCCCCNC1C2(C)CCC(C2)C1(C)C. The molecule has 0 aliphatic heterocycles. The predicted octanol–water partition coefficient (Wildman–Crippen LogP) is 4.32. The smallest absolute Gasteiger partial charge is 0.0175 e. The zero-order chi connectivity index (χ0) is 13.2. The number of unbranched alkanes of at least 4 members (excludes halogenated alkanes) is 2. The Balaban J connectivity index is 1.75. The Kier molecular flexibility index (Phi) is 4.70. The van der Waals surface area contributed by atoms with E-state index in [1.165, 1.54) is 50.8 Å². The summed E-state index contributed by atoms with van der Waals surface area (Å²) < 4.78 is 0. The maximum atomic E-state index is 3.91. The Morgan fingerprint density at radius 3 is 2.56 bits per heavy atom. The van der Waals surface area contributed by atoms with E-state index in [-0.39, 0.29) is 0 Å². The van der Waals surface area contributed by atoms with Crippen LogP contribution in [0.5, 0.6) is 0 Å². The fourth-order valence-corrected chi connectivity index (χ4v) is 5.10. The zero-order valence-corrected chi connectivity index (χ0v) is 13.5. The number of hydrogen-bond acceptors (Lipinski definition) is 2. The van der Waals surface area contributed by atoms with E-state index in [0.717, 1.165) is 12.0 Å². The Morgan fingerprint density at radius 1 is 1.17 bits per heavy atom. The van der Waals surface area contributed by atoms with E-state index in [4.69, 9.17) is 0 Å². The average Bonchev–Trinajstić information content (AvgIpc) is 2.78. The van der Waals surface area contributed by atoms with Gasteiger partial charge in [0.25, 0.3) is 0 Å². The van der Waals surface area contributed by atoms with Gasteiger partial charge in [-0.2, -0.15) is 11.8 Å². The summed E-state index contributed by atoms with van der Waals surface area (Å²) in [6.45, 7) is 8.73. The van der Waals surface area contributed by atoms with E-state index in [9.17, 15) is 0 Å². The first-order valence-corrected chi connectivity index (χ1v) is 9.12. The van der Waals surface area contributed by atoms with E-state index in [2.05, 4.69) is 32.3 Å². The topological polar surface area (TPSA) is 12.0 Å². The van der Waals surface area contributed by atoms with Gasteiger partial charge in [0.05, 0.1) is 0 Å². The molecule has 0 saturated heterocycles. The molecule has 0 amide bonds. The largest absolute Gasteiger partial charge is 0.313 e. The molecule has 0 radical (unpaired) electrons. The summed E-state index contributed by atoms with van der Waals surface area (Å²) in [6.07, 6.45) is 10.7. The van der Waals surface area contributed by atoms with Crippen molar-refractivity contribution in [2.75, 3.05) is 18.6 Å². The normalized spacial score (nSPS) is 37.3.